The quantitative estimate of drug-likeness (QED) is 0.108. The van der Waals surface area contributed by atoms with Gasteiger partial charge in [-0.05, 0) is 82.1 Å². The predicted molar refractivity (Wildman–Crippen MR) is 191 cm³/mol. The number of carbonyl (C=O) groups excluding carboxylic acids is 1. The summed E-state index contributed by atoms with van der Waals surface area (Å²) in [6, 6.07) is 29.0. The normalized spacial score (nSPS) is 14.1. The topological polar surface area (TPSA) is 78.9 Å². The first kappa shape index (κ1) is 33.3. The van der Waals surface area contributed by atoms with Crippen molar-refractivity contribution >= 4 is 28.3 Å². The van der Waals surface area contributed by atoms with Crippen LogP contribution in [0.2, 0.25) is 0 Å². The summed E-state index contributed by atoms with van der Waals surface area (Å²) in [5.74, 6) is -0.296. The average Bonchev–Trinajstić information content (AvgIpc) is 3.10. The number of ether oxygens (including phenoxy) is 1. The Morgan fingerprint density at radius 1 is 0.894 bits per heavy atom. The van der Waals surface area contributed by atoms with Crippen LogP contribution in [0.3, 0.4) is 0 Å². The first-order valence-electron chi connectivity index (χ1n) is 16.3. The molecule has 1 aliphatic carbocycles. The molecule has 242 valence electrons. The third kappa shape index (κ3) is 9.23. The lowest BCUT2D eigenvalue weighted by atomic mass is 9.84. The van der Waals surface area contributed by atoms with Gasteiger partial charge in [-0.3, -0.25) is 4.79 Å². The van der Waals surface area contributed by atoms with Crippen molar-refractivity contribution < 1.29 is 19.4 Å². The Kier molecular flexibility index (Phi) is 11.3. The second kappa shape index (κ2) is 15.9. The molecule has 5 rings (SSSR count). The first-order chi connectivity index (χ1) is 22.8. The van der Waals surface area contributed by atoms with Gasteiger partial charge in [0.05, 0.1) is 7.11 Å². The standard InChI is InChI=1S/C41H44N2O4/c1-29(13-14-30(2)47-3)27-43(38-23-21-35(22-24-38)33-9-5-4-6-10-33)28-31-15-19-36(20-16-31)40(44)42-39(41(45)46)26-32-17-18-34-11-7-8-12-37(34)25-32/h7-8,11-25,33,39H,1-2,4-6,9-10,26-28H2,3H3,(H,42,44)(H,45,46)/b14-13-. The third-order valence-corrected chi connectivity index (χ3v) is 8.94. The van der Waals surface area contributed by atoms with E-state index in [9.17, 15) is 14.7 Å². The van der Waals surface area contributed by atoms with E-state index in [0.717, 1.165) is 33.2 Å². The lowest BCUT2D eigenvalue weighted by molar-refractivity contribution is -0.139. The van der Waals surface area contributed by atoms with E-state index in [1.54, 1.807) is 19.2 Å². The maximum Gasteiger partial charge on any atom is 0.326 e. The second-order valence-corrected chi connectivity index (χ2v) is 12.4. The lowest BCUT2D eigenvalue weighted by Crippen LogP contribution is -2.42. The van der Waals surface area contributed by atoms with Crippen molar-refractivity contribution in [2.45, 2.75) is 57.0 Å². The van der Waals surface area contributed by atoms with E-state index in [-0.39, 0.29) is 6.42 Å². The van der Waals surface area contributed by atoms with E-state index in [0.29, 0.717) is 30.3 Å². The van der Waals surface area contributed by atoms with Crippen molar-refractivity contribution in [1.29, 1.82) is 0 Å². The van der Waals surface area contributed by atoms with Crippen LogP contribution in [0.1, 0.15) is 65.1 Å². The average molecular weight is 629 g/mol. The minimum atomic E-state index is -1.07. The van der Waals surface area contributed by atoms with E-state index in [1.165, 1.54) is 37.7 Å². The summed E-state index contributed by atoms with van der Waals surface area (Å²) in [4.78, 5) is 27.5. The van der Waals surface area contributed by atoms with Gasteiger partial charge in [0, 0.05) is 30.8 Å². The zero-order chi connectivity index (χ0) is 33.2. The van der Waals surface area contributed by atoms with Crippen molar-refractivity contribution in [3.05, 3.63) is 150 Å². The summed E-state index contributed by atoms with van der Waals surface area (Å²) < 4.78 is 5.17. The minimum Gasteiger partial charge on any atom is -0.497 e. The fraction of sp³-hybridized carbons (Fsp3) is 0.268. The van der Waals surface area contributed by atoms with E-state index >= 15 is 0 Å². The SMILES string of the molecule is C=C(/C=C\C(=C)OC)CN(Cc1ccc(C(=O)NC(Cc2ccc3ccccc3c2)C(=O)O)cc1)c1ccc(C2CCCCC2)cc1. The number of carbonyl (C=O) groups is 2. The highest BCUT2D eigenvalue weighted by atomic mass is 16.5. The highest BCUT2D eigenvalue weighted by Crippen LogP contribution is 2.33. The number of nitrogens with zero attached hydrogens (tertiary/aromatic N) is 1. The number of carboxylic acid groups (broad SMARTS) is 1. The highest BCUT2D eigenvalue weighted by molar-refractivity contribution is 5.96. The van der Waals surface area contributed by atoms with Gasteiger partial charge in [0.1, 0.15) is 11.8 Å². The molecule has 0 saturated heterocycles. The predicted octanol–water partition coefficient (Wildman–Crippen LogP) is 8.59. The van der Waals surface area contributed by atoms with Crippen molar-refractivity contribution in [2.75, 3.05) is 18.6 Å². The number of amides is 1. The van der Waals surface area contributed by atoms with Gasteiger partial charge in [0.25, 0.3) is 5.91 Å². The Bertz CT molecular complexity index is 1730. The molecule has 6 nitrogen and oxygen atoms in total. The molecule has 0 heterocycles. The van der Waals surface area contributed by atoms with Gasteiger partial charge in [-0.2, -0.15) is 0 Å². The molecule has 1 unspecified atom stereocenters. The molecular weight excluding hydrogens is 584 g/mol. The van der Waals surface area contributed by atoms with Gasteiger partial charge >= 0.3 is 5.97 Å². The van der Waals surface area contributed by atoms with Crippen molar-refractivity contribution in [1.82, 2.24) is 5.32 Å². The van der Waals surface area contributed by atoms with Gasteiger partial charge in [0.15, 0.2) is 0 Å². The molecule has 4 aromatic rings. The number of carboxylic acids is 1. The van der Waals surface area contributed by atoms with Crippen molar-refractivity contribution in [3.63, 3.8) is 0 Å². The Hall–Kier alpha value is -5.10. The molecule has 1 atom stereocenters. The molecule has 1 fully saturated rings. The molecule has 4 aromatic carbocycles. The van der Waals surface area contributed by atoms with Gasteiger partial charge in [-0.1, -0.05) is 105 Å². The number of allylic oxidation sites excluding steroid dienone is 1. The number of methoxy groups -OCH3 is 1. The number of rotatable bonds is 14. The number of hydrogen-bond acceptors (Lipinski definition) is 4. The Morgan fingerprint density at radius 2 is 1.57 bits per heavy atom. The summed E-state index contributed by atoms with van der Waals surface area (Å²) in [5, 5.41) is 14.7. The summed E-state index contributed by atoms with van der Waals surface area (Å²) >= 11 is 0. The van der Waals surface area contributed by atoms with Crippen LogP contribution in [0.5, 0.6) is 0 Å². The van der Waals surface area contributed by atoms with Crippen LogP contribution >= 0.6 is 0 Å². The lowest BCUT2D eigenvalue weighted by Gasteiger charge is -2.27. The van der Waals surface area contributed by atoms with E-state index < -0.39 is 17.9 Å². The third-order valence-electron chi connectivity index (χ3n) is 8.94. The van der Waals surface area contributed by atoms with Crippen LogP contribution in [0.4, 0.5) is 5.69 Å². The number of anilines is 1. The molecule has 6 heteroatoms. The summed E-state index contributed by atoms with van der Waals surface area (Å²) in [5.41, 5.74) is 5.67. The molecule has 0 bridgehead atoms. The molecular formula is C41H44N2O4. The van der Waals surface area contributed by atoms with Crippen LogP contribution in [0.15, 0.2) is 128 Å². The maximum absolute atomic E-state index is 13.2. The second-order valence-electron chi connectivity index (χ2n) is 12.4. The molecule has 1 aliphatic rings. The van der Waals surface area contributed by atoms with E-state index in [4.69, 9.17) is 4.74 Å². The van der Waals surface area contributed by atoms with E-state index in [1.807, 2.05) is 66.7 Å². The van der Waals surface area contributed by atoms with Crippen LogP contribution in [-0.2, 0) is 22.5 Å². The monoisotopic (exact) mass is 628 g/mol. The molecule has 47 heavy (non-hydrogen) atoms. The van der Waals surface area contributed by atoms with Crippen molar-refractivity contribution in [2.24, 2.45) is 0 Å². The highest BCUT2D eigenvalue weighted by Gasteiger charge is 2.22. The van der Waals surface area contributed by atoms with Crippen LogP contribution in [0, 0.1) is 0 Å². The number of nitrogens with one attached hydrogen (secondary N) is 1. The number of hydrogen-bond donors (Lipinski definition) is 2. The van der Waals surface area contributed by atoms with Gasteiger partial charge < -0.3 is 20.1 Å². The number of benzene rings is 4. The summed E-state index contributed by atoms with van der Waals surface area (Å²) in [7, 11) is 1.59. The minimum absolute atomic E-state index is 0.189. The molecule has 0 aromatic heterocycles. The Balaban J connectivity index is 1.27. The fourth-order valence-electron chi connectivity index (χ4n) is 6.23. The van der Waals surface area contributed by atoms with Gasteiger partial charge in [-0.25, -0.2) is 4.79 Å². The van der Waals surface area contributed by atoms with Crippen LogP contribution < -0.4 is 10.2 Å². The molecule has 0 spiro atoms. The number of fused-ring (bicyclic) bond motifs is 1. The maximum atomic E-state index is 13.2. The fourth-order valence-corrected chi connectivity index (χ4v) is 6.23. The Labute approximate surface area is 278 Å². The van der Waals surface area contributed by atoms with Crippen LogP contribution in [0.25, 0.3) is 10.8 Å². The molecule has 0 radical (unpaired) electrons. The molecule has 0 aliphatic heterocycles. The smallest absolute Gasteiger partial charge is 0.326 e. The zero-order valence-corrected chi connectivity index (χ0v) is 27.2. The van der Waals surface area contributed by atoms with Crippen LogP contribution in [-0.4, -0.2) is 36.7 Å². The molecule has 1 amide bonds. The largest absolute Gasteiger partial charge is 0.497 e. The Morgan fingerprint density at radius 3 is 2.26 bits per heavy atom. The summed E-state index contributed by atoms with van der Waals surface area (Å²) in [6.07, 6.45) is 10.4. The van der Waals surface area contributed by atoms with Crippen molar-refractivity contribution in [3.8, 4) is 0 Å². The summed E-state index contributed by atoms with van der Waals surface area (Å²) in [6.45, 7) is 9.30. The first-order valence-corrected chi connectivity index (χ1v) is 16.3. The zero-order valence-electron chi connectivity index (χ0n) is 27.2. The molecule has 1 saturated carbocycles. The van der Waals surface area contributed by atoms with E-state index in [2.05, 4.69) is 47.6 Å². The van der Waals surface area contributed by atoms with Gasteiger partial charge in [0.2, 0.25) is 0 Å². The number of aliphatic carboxylic acids is 1. The molecule has 2 N–H and O–H groups in total. The van der Waals surface area contributed by atoms with Gasteiger partial charge in [-0.15, -0.1) is 0 Å².